The molecule has 0 aliphatic carbocycles. The molecule has 7 heteroatoms. The van der Waals surface area contributed by atoms with Crippen LogP contribution in [0.25, 0.3) is 0 Å². The highest BCUT2D eigenvalue weighted by Gasteiger charge is 2.52. The van der Waals surface area contributed by atoms with Gasteiger partial charge in [0.05, 0.1) is 6.17 Å². The molecule has 1 fully saturated rings. The number of anilines is 1. The van der Waals surface area contributed by atoms with Gasteiger partial charge in [0.15, 0.2) is 0 Å². The molecule has 1 amide bonds. The first-order valence-corrected chi connectivity index (χ1v) is 11.2. The number of likely N-dealkylation sites (tertiary alicyclic amines) is 1. The number of rotatable bonds is 2. The van der Waals surface area contributed by atoms with Crippen LogP contribution in [0.4, 0.5) is 10.5 Å². The molecule has 0 radical (unpaired) electrons. The lowest BCUT2D eigenvalue weighted by Crippen LogP contribution is -2.57. The monoisotopic (exact) mass is 440 g/mol. The van der Waals surface area contributed by atoms with E-state index in [0.29, 0.717) is 16.9 Å². The van der Waals surface area contributed by atoms with Crippen molar-refractivity contribution < 1.29 is 9.53 Å². The van der Waals surface area contributed by atoms with Gasteiger partial charge in [-0.3, -0.25) is 15.5 Å². The highest BCUT2D eigenvalue weighted by atomic mass is 35.5. The summed E-state index contributed by atoms with van der Waals surface area (Å²) in [6.07, 6.45) is 1.81. The molecule has 0 aromatic heterocycles. The van der Waals surface area contributed by atoms with Gasteiger partial charge in [-0.05, 0) is 73.8 Å². The largest absolute Gasteiger partial charge is 0.414 e. The van der Waals surface area contributed by atoms with Gasteiger partial charge in [-0.25, -0.2) is 4.79 Å². The zero-order chi connectivity index (χ0) is 22.0. The number of benzene rings is 2. The number of fused-ring (bicyclic) bond motifs is 4. The minimum atomic E-state index is -0.711. The van der Waals surface area contributed by atoms with Crippen molar-refractivity contribution in [1.82, 2.24) is 15.5 Å². The molecule has 3 heterocycles. The number of ether oxygens (including phenoxy) is 1. The van der Waals surface area contributed by atoms with Gasteiger partial charge in [0.2, 0.25) is 0 Å². The Morgan fingerprint density at radius 2 is 2.00 bits per heavy atom. The summed E-state index contributed by atoms with van der Waals surface area (Å²) in [5, 5.41) is 7.14. The van der Waals surface area contributed by atoms with E-state index in [-0.39, 0.29) is 5.41 Å². The molecule has 0 bridgehead atoms. The van der Waals surface area contributed by atoms with E-state index in [1.807, 2.05) is 37.3 Å². The van der Waals surface area contributed by atoms with Crippen LogP contribution in [0.3, 0.4) is 0 Å². The molecule has 1 saturated heterocycles. The molecule has 164 valence electrons. The SMILES string of the molecule is CN1CC[C@@]2(C)c3cc(OC(=O)NC4(C)NCCc5cc(Cl)ccc54)ccc3N(C)C12. The van der Waals surface area contributed by atoms with E-state index in [9.17, 15) is 4.79 Å². The Labute approximate surface area is 188 Å². The van der Waals surface area contributed by atoms with Crippen LogP contribution in [0.15, 0.2) is 36.4 Å². The Kier molecular flexibility index (Phi) is 4.73. The van der Waals surface area contributed by atoms with Crippen LogP contribution < -0.4 is 20.3 Å². The Morgan fingerprint density at radius 3 is 2.81 bits per heavy atom. The number of carbonyl (C=O) groups is 1. The fourth-order valence-electron chi connectivity index (χ4n) is 5.87. The molecule has 3 atom stereocenters. The van der Waals surface area contributed by atoms with Crippen molar-refractivity contribution in [2.75, 3.05) is 32.1 Å². The highest BCUT2D eigenvalue weighted by molar-refractivity contribution is 6.30. The highest BCUT2D eigenvalue weighted by Crippen LogP contribution is 2.51. The molecule has 3 aliphatic rings. The molecule has 2 unspecified atom stereocenters. The molecular weight excluding hydrogens is 412 g/mol. The van der Waals surface area contributed by atoms with Crippen LogP contribution in [-0.2, 0) is 17.5 Å². The maximum absolute atomic E-state index is 12.9. The van der Waals surface area contributed by atoms with Gasteiger partial charge in [0, 0.05) is 36.3 Å². The fraction of sp³-hybridized carbons (Fsp3) is 0.458. The van der Waals surface area contributed by atoms with Crippen molar-refractivity contribution in [3.05, 3.63) is 58.1 Å². The minimum Gasteiger partial charge on any atom is -0.410 e. The number of carbonyl (C=O) groups excluding carboxylic acids is 1. The number of nitrogens with one attached hydrogen (secondary N) is 2. The average Bonchev–Trinajstić information content (AvgIpc) is 3.13. The van der Waals surface area contributed by atoms with Gasteiger partial charge in [0.1, 0.15) is 11.4 Å². The van der Waals surface area contributed by atoms with Gasteiger partial charge >= 0.3 is 6.09 Å². The van der Waals surface area contributed by atoms with E-state index in [1.54, 1.807) is 0 Å². The summed E-state index contributed by atoms with van der Waals surface area (Å²) in [6.45, 7) is 6.08. The van der Waals surface area contributed by atoms with Crippen LogP contribution in [0.1, 0.15) is 37.0 Å². The number of hydrogen-bond acceptors (Lipinski definition) is 5. The van der Waals surface area contributed by atoms with E-state index in [1.165, 1.54) is 11.3 Å². The van der Waals surface area contributed by atoms with Crippen LogP contribution >= 0.6 is 11.6 Å². The lowest BCUT2D eigenvalue weighted by molar-refractivity contribution is 0.175. The Hall–Kier alpha value is -2.28. The summed E-state index contributed by atoms with van der Waals surface area (Å²) in [5.74, 6) is 0.566. The third-order valence-corrected chi connectivity index (χ3v) is 7.58. The quantitative estimate of drug-likeness (QED) is 0.743. The zero-order valence-corrected chi connectivity index (χ0v) is 19.2. The van der Waals surface area contributed by atoms with Crippen molar-refractivity contribution in [3.63, 3.8) is 0 Å². The second kappa shape index (κ2) is 7.12. The van der Waals surface area contributed by atoms with Gasteiger partial charge in [-0.2, -0.15) is 0 Å². The fourth-order valence-corrected chi connectivity index (χ4v) is 6.06. The Morgan fingerprint density at radius 1 is 1.19 bits per heavy atom. The summed E-state index contributed by atoms with van der Waals surface area (Å²) in [7, 11) is 4.31. The number of halogens is 1. The zero-order valence-electron chi connectivity index (χ0n) is 18.5. The molecule has 5 rings (SSSR count). The molecule has 2 N–H and O–H groups in total. The van der Waals surface area contributed by atoms with Gasteiger partial charge in [0.25, 0.3) is 0 Å². The Balaban J connectivity index is 1.37. The number of amides is 1. The molecular formula is C24H29ClN4O2. The van der Waals surface area contributed by atoms with Crippen molar-refractivity contribution in [2.24, 2.45) is 0 Å². The lowest BCUT2D eigenvalue weighted by atomic mass is 9.81. The topological polar surface area (TPSA) is 56.8 Å². The summed E-state index contributed by atoms with van der Waals surface area (Å²) >= 11 is 6.16. The van der Waals surface area contributed by atoms with E-state index >= 15 is 0 Å². The third kappa shape index (κ3) is 3.20. The van der Waals surface area contributed by atoms with E-state index in [0.717, 1.165) is 37.1 Å². The molecule has 31 heavy (non-hydrogen) atoms. The smallest absolute Gasteiger partial charge is 0.410 e. The molecule has 3 aliphatic heterocycles. The summed E-state index contributed by atoms with van der Waals surface area (Å²) in [5.41, 5.74) is 3.93. The normalized spacial score (nSPS) is 29.3. The molecule has 2 aromatic carbocycles. The van der Waals surface area contributed by atoms with E-state index in [4.69, 9.17) is 16.3 Å². The second-order valence-electron chi connectivity index (χ2n) is 9.43. The minimum absolute atomic E-state index is 0.0315. The predicted octanol–water partition coefficient (Wildman–Crippen LogP) is 3.82. The first kappa shape index (κ1) is 20.6. The molecule has 2 aromatic rings. The number of likely N-dealkylation sites (N-methyl/N-ethyl adjacent to an activating group) is 2. The number of nitrogens with zero attached hydrogens (tertiary/aromatic N) is 2. The molecule has 0 spiro atoms. The lowest BCUT2D eigenvalue weighted by Gasteiger charge is -2.37. The van der Waals surface area contributed by atoms with Crippen LogP contribution in [0.5, 0.6) is 5.75 Å². The van der Waals surface area contributed by atoms with Gasteiger partial charge in [-0.1, -0.05) is 24.6 Å². The van der Waals surface area contributed by atoms with Crippen molar-refractivity contribution in [1.29, 1.82) is 0 Å². The summed E-state index contributed by atoms with van der Waals surface area (Å²) < 4.78 is 5.75. The third-order valence-electron chi connectivity index (χ3n) is 7.34. The van der Waals surface area contributed by atoms with Crippen molar-refractivity contribution in [2.45, 2.75) is 43.9 Å². The first-order valence-electron chi connectivity index (χ1n) is 10.8. The molecule has 6 nitrogen and oxygen atoms in total. The number of hydrogen-bond donors (Lipinski definition) is 2. The first-order chi connectivity index (χ1) is 14.7. The second-order valence-corrected chi connectivity index (χ2v) is 9.87. The van der Waals surface area contributed by atoms with E-state index < -0.39 is 11.8 Å². The van der Waals surface area contributed by atoms with Crippen LogP contribution in [0, 0.1) is 0 Å². The van der Waals surface area contributed by atoms with Gasteiger partial charge in [-0.15, -0.1) is 0 Å². The van der Waals surface area contributed by atoms with Crippen LogP contribution in [-0.4, -0.2) is 44.3 Å². The maximum Gasteiger partial charge on any atom is 0.414 e. The summed E-state index contributed by atoms with van der Waals surface area (Å²) in [4.78, 5) is 17.6. The average molecular weight is 441 g/mol. The van der Waals surface area contributed by atoms with Crippen LogP contribution in [0.2, 0.25) is 5.02 Å². The van der Waals surface area contributed by atoms with E-state index in [2.05, 4.69) is 47.5 Å². The summed E-state index contributed by atoms with van der Waals surface area (Å²) in [6, 6.07) is 11.8. The predicted molar refractivity (Wildman–Crippen MR) is 123 cm³/mol. The maximum atomic E-state index is 12.9. The molecule has 0 saturated carbocycles. The van der Waals surface area contributed by atoms with Gasteiger partial charge < -0.3 is 9.64 Å². The Bertz CT molecular complexity index is 1060. The van der Waals surface area contributed by atoms with Crippen molar-refractivity contribution in [3.8, 4) is 5.75 Å². The standard InChI is InChI=1S/C24H29ClN4O2/c1-23-10-12-28(3)21(23)29(4)20-8-6-17(14-19(20)23)31-22(30)27-24(2)18-7-5-16(25)13-15(18)9-11-26-24/h5-8,13-14,21,26H,9-12H2,1-4H3,(H,27,30)/t21?,23-,24?/m0/s1. The van der Waals surface area contributed by atoms with Crippen molar-refractivity contribution >= 4 is 23.4 Å².